The summed E-state index contributed by atoms with van der Waals surface area (Å²) in [4.78, 5) is 20.5. The summed E-state index contributed by atoms with van der Waals surface area (Å²) in [6, 6.07) is 19.9. The van der Waals surface area contributed by atoms with E-state index in [9.17, 15) is 4.79 Å². The Kier molecular flexibility index (Phi) is 5.06. The van der Waals surface area contributed by atoms with Crippen LogP contribution in [0.25, 0.3) is 11.4 Å². The molecular formula is C21H16N4O3. The van der Waals surface area contributed by atoms with E-state index in [-0.39, 0.29) is 12.5 Å². The van der Waals surface area contributed by atoms with Gasteiger partial charge in [-0.15, -0.1) is 0 Å². The van der Waals surface area contributed by atoms with Gasteiger partial charge < -0.3 is 14.6 Å². The summed E-state index contributed by atoms with van der Waals surface area (Å²) in [5, 5.41) is 6.67. The Bertz CT molecular complexity index is 1050. The predicted molar refractivity (Wildman–Crippen MR) is 102 cm³/mol. The van der Waals surface area contributed by atoms with E-state index in [1.807, 2.05) is 30.3 Å². The van der Waals surface area contributed by atoms with Crippen LogP contribution in [0.5, 0.6) is 11.5 Å². The molecule has 0 aliphatic rings. The molecule has 2 aromatic carbocycles. The number of carbonyl (C=O) groups is 1. The first-order chi connectivity index (χ1) is 13.8. The largest absolute Gasteiger partial charge is 0.457 e. The molecule has 138 valence electrons. The first kappa shape index (κ1) is 17.4. The van der Waals surface area contributed by atoms with Crippen molar-refractivity contribution in [3.8, 4) is 22.9 Å². The monoisotopic (exact) mass is 372 g/mol. The average molecular weight is 372 g/mol. The zero-order valence-electron chi connectivity index (χ0n) is 14.8. The number of benzene rings is 2. The van der Waals surface area contributed by atoms with E-state index < -0.39 is 0 Å². The number of amides is 1. The summed E-state index contributed by atoms with van der Waals surface area (Å²) in [5.74, 6) is 1.93. The van der Waals surface area contributed by atoms with Crippen LogP contribution in [0.4, 0.5) is 0 Å². The molecule has 0 saturated heterocycles. The summed E-state index contributed by atoms with van der Waals surface area (Å²) in [5.41, 5.74) is 1.31. The smallest absolute Gasteiger partial charge is 0.251 e. The van der Waals surface area contributed by atoms with E-state index in [0.717, 1.165) is 11.3 Å². The minimum Gasteiger partial charge on any atom is -0.457 e. The van der Waals surface area contributed by atoms with Crippen molar-refractivity contribution < 1.29 is 14.1 Å². The zero-order chi connectivity index (χ0) is 19.2. The highest BCUT2D eigenvalue weighted by atomic mass is 16.5. The van der Waals surface area contributed by atoms with Crippen LogP contribution < -0.4 is 10.1 Å². The van der Waals surface area contributed by atoms with Crippen molar-refractivity contribution in [3.05, 3.63) is 90.6 Å². The normalized spacial score (nSPS) is 10.4. The van der Waals surface area contributed by atoms with Crippen molar-refractivity contribution in [3.63, 3.8) is 0 Å². The van der Waals surface area contributed by atoms with Gasteiger partial charge in [-0.25, -0.2) is 0 Å². The van der Waals surface area contributed by atoms with Gasteiger partial charge in [0.15, 0.2) is 0 Å². The molecule has 2 heterocycles. The summed E-state index contributed by atoms with van der Waals surface area (Å²) in [6.45, 7) is 0.138. The number of ether oxygens (including phenoxy) is 1. The summed E-state index contributed by atoms with van der Waals surface area (Å²) in [7, 11) is 0. The maximum Gasteiger partial charge on any atom is 0.251 e. The van der Waals surface area contributed by atoms with Crippen LogP contribution >= 0.6 is 0 Å². The van der Waals surface area contributed by atoms with Crippen molar-refractivity contribution in [2.45, 2.75) is 6.54 Å². The standard InChI is InChI=1S/C21H16N4O3/c26-21(16-6-8-18(9-7-16)27-17-4-2-1-3-5-17)23-14-19-24-20(25-28-19)15-10-12-22-13-11-15/h1-13H,14H2,(H,23,26). The van der Waals surface area contributed by atoms with Gasteiger partial charge >= 0.3 is 0 Å². The molecule has 7 nitrogen and oxygen atoms in total. The minimum atomic E-state index is -0.241. The zero-order valence-corrected chi connectivity index (χ0v) is 14.8. The number of para-hydroxylation sites is 1. The first-order valence-corrected chi connectivity index (χ1v) is 8.62. The van der Waals surface area contributed by atoms with Crippen LogP contribution in [-0.4, -0.2) is 21.0 Å². The van der Waals surface area contributed by atoms with Gasteiger partial charge in [0, 0.05) is 23.5 Å². The maximum atomic E-state index is 12.3. The molecule has 0 aliphatic carbocycles. The van der Waals surface area contributed by atoms with Gasteiger partial charge in [-0.1, -0.05) is 23.4 Å². The number of rotatable bonds is 6. The van der Waals surface area contributed by atoms with Crippen LogP contribution in [0.3, 0.4) is 0 Å². The first-order valence-electron chi connectivity index (χ1n) is 8.62. The summed E-state index contributed by atoms with van der Waals surface area (Å²) < 4.78 is 10.9. The van der Waals surface area contributed by atoms with Crippen molar-refractivity contribution in [1.82, 2.24) is 20.4 Å². The second kappa shape index (κ2) is 8.13. The van der Waals surface area contributed by atoms with Crippen molar-refractivity contribution in [2.75, 3.05) is 0 Å². The van der Waals surface area contributed by atoms with Gasteiger partial charge in [-0.3, -0.25) is 9.78 Å². The van der Waals surface area contributed by atoms with Gasteiger partial charge in [-0.2, -0.15) is 4.98 Å². The number of hydrogen-bond acceptors (Lipinski definition) is 6. The van der Waals surface area contributed by atoms with Gasteiger partial charge in [0.1, 0.15) is 11.5 Å². The third-order valence-electron chi connectivity index (χ3n) is 3.90. The fourth-order valence-corrected chi connectivity index (χ4v) is 2.50. The topological polar surface area (TPSA) is 90.1 Å². The number of hydrogen-bond donors (Lipinski definition) is 1. The van der Waals surface area contributed by atoms with Gasteiger partial charge in [0.25, 0.3) is 5.91 Å². The van der Waals surface area contributed by atoms with E-state index in [1.165, 1.54) is 0 Å². The molecule has 0 saturated carbocycles. The molecule has 0 bridgehead atoms. The Morgan fingerprint density at radius 2 is 1.64 bits per heavy atom. The summed E-state index contributed by atoms with van der Waals surface area (Å²) in [6.07, 6.45) is 3.30. The van der Waals surface area contributed by atoms with Crippen LogP contribution in [0.1, 0.15) is 16.2 Å². The van der Waals surface area contributed by atoms with Crippen molar-refractivity contribution in [1.29, 1.82) is 0 Å². The second-order valence-electron chi connectivity index (χ2n) is 5.87. The van der Waals surface area contributed by atoms with Crippen molar-refractivity contribution in [2.24, 2.45) is 0 Å². The SMILES string of the molecule is O=C(NCc1nc(-c2ccncc2)no1)c1ccc(Oc2ccccc2)cc1. The molecule has 4 rings (SSSR count). The maximum absolute atomic E-state index is 12.3. The fourth-order valence-electron chi connectivity index (χ4n) is 2.50. The molecule has 7 heteroatoms. The van der Waals surface area contributed by atoms with Crippen LogP contribution in [-0.2, 0) is 6.54 Å². The molecule has 1 amide bonds. The Labute approximate surface area is 161 Å². The number of carbonyl (C=O) groups excluding carboxylic acids is 1. The second-order valence-corrected chi connectivity index (χ2v) is 5.87. The van der Waals surface area contributed by atoms with E-state index >= 15 is 0 Å². The molecule has 0 fully saturated rings. The third kappa shape index (κ3) is 4.21. The van der Waals surface area contributed by atoms with Gasteiger partial charge in [0.2, 0.25) is 11.7 Å². The van der Waals surface area contributed by atoms with Crippen LogP contribution in [0, 0.1) is 0 Å². The number of pyridine rings is 1. The van der Waals surface area contributed by atoms with E-state index in [1.54, 1.807) is 48.8 Å². The molecule has 0 spiro atoms. The molecule has 0 atom stereocenters. The van der Waals surface area contributed by atoms with Crippen LogP contribution in [0.2, 0.25) is 0 Å². The van der Waals surface area contributed by atoms with Gasteiger partial charge in [0.05, 0.1) is 6.54 Å². The lowest BCUT2D eigenvalue weighted by atomic mass is 10.2. The third-order valence-corrected chi connectivity index (χ3v) is 3.90. The Hall–Kier alpha value is -4.00. The molecule has 0 unspecified atom stereocenters. The minimum absolute atomic E-state index is 0.138. The highest BCUT2D eigenvalue weighted by Crippen LogP contribution is 2.21. The Balaban J connectivity index is 1.34. The Morgan fingerprint density at radius 3 is 2.39 bits per heavy atom. The van der Waals surface area contributed by atoms with Crippen LogP contribution in [0.15, 0.2) is 83.6 Å². The van der Waals surface area contributed by atoms with E-state index in [0.29, 0.717) is 23.0 Å². The lowest BCUT2D eigenvalue weighted by molar-refractivity contribution is 0.0946. The lowest BCUT2D eigenvalue weighted by Crippen LogP contribution is -2.22. The fraction of sp³-hybridized carbons (Fsp3) is 0.0476. The number of nitrogens with one attached hydrogen (secondary N) is 1. The molecule has 2 aromatic heterocycles. The van der Waals surface area contributed by atoms with Crippen molar-refractivity contribution >= 4 is 5.91 Å². The number of aromatic nitrogens is 3. The highest BCUT2D eigenvalue weighted by Gasteiger charge is 2.11. The highest BCUT2D eigenvalue weighted by molar-refractivity contribution is 5.94. The molecule has 28 heavy (non-hydrogen) atoms. The summed E-state index contributed by atoms with van der Waals surface area (Å²) >= 11 is 0. The number of nitrogens with zero attached hydrogens (tertiary/aromatic N) is 3. The molecule has 0 aliphatic heterocycles. The van der Waals surface area contributed by atoms with Gasteiger partial charge in [-0.05, 0) is 48.5 Å². The molecule has 1 N–H and O–H groups in total. The molecule has 0 radical (unpaired) electrons. The Morgan fingerprint density at radius 1 is 0.929 bits per heavy atom. The average Bonchev–Trinajstić information content (AvgIpc) is 3.23. The lowest BCUT2D eigenvalue weighted by Gasteiger charge is -2.06. The van der Waals surface area contributed by atoms with E-state index in [4.69, 9.17) is 9.26 Å². The quantitative estimate of drug-likeness (QED) is 0.553. The van der Waals surface area contributed by atoms with E-state index in [2.05, 4.69) is 20.4 Å². The predicted octanol–water partition coefficient (Wildman–Crippen LogP) is 3.85. The molecule has 4 aromatic rings. The molecular weight excluding hydrogens is 356 g/mol.